The Hall–Kier alpha value is -2.80. The van der Waals surface area contributed by atoms with Gasteiger partial charge in [0.15, 0.2) is 0 Å². The smallest absolute Gasteiger partial charge is 0.338 e. The number of ether oxygens (including phenoxy) is 3. The zero-order valence-electron chi connectivity index (χ0n) is 22.5. The molecule has 5 rings (SSSR count). The molecule has 0 saturated carbocycles. The number of amides is 1. The van der Waals surface area contributed by atoms with Gasteiger partial charge in [-0.2, -0.15) is 9.40 Å². The molecule has 39 heavy (non-hydrogen) atoms. The Kier molecular flexibility index (Phi) is 8.08. The first-order valence-electron chi connectivity index (χ1n) is 13.7. The quantitative estimate of drug-likeness (QED) is 0.510. The van der Waals surface area contributed by atoms with E-state index in [1.165, 1.54) is 22.5 Å². The number of aromatic nitrogens is 2. The molecule has 1 amide bonds. The highest BCUT2D eigenvalue weighted by Gasteiger charge is 2.41. The molecule has 11 nitrogen and oxygen atoms in total. The molecule has 2 fully saturated rings. The zero-order chi connectivity index (χ0) is 27.6. The van der Waals surface area contributed by atoms with E-state index in [0.717, 1.165) is 12.8 Å². The van der Waals surface area contributed by atoms with Crippen molar-refractivity contribution < 1.29 is 32.2 Å². The number of hydrogen-bond donors (Lipinski definition) is 1. The number of carbonyl (C=O) groups excluding carboxylic acids is 2. The Balaban J connectivity index is 1.70. The molecule has 1 aromatic heterocycles. The molecule has 1 aromatic carbocycles. The first-order valence-corrected chi connectivity index (χ1v) is 15.1. The number of nitrogens with zero attached hydrogens (tertiary/aromatic N) is 3. The number of sulfonamides is 1. The number of esters is 1. The predicted molar refractivity (Wildman–Crippen MR) is 142 cm³/mol. The van der Waals surface area contributed by atoms with Crippen molar-refractivity contribution in [1.29, 1.82) is 0 Å². The van der Waals surface area contributed by atoms with Crippen molar-refractivity contribution in [2.45, 2.75) is 50.8 Å². The average Bonchev–Trinajstić information content (AvgIpc) is 3.26. The first kappa shape index (κ1) is 27.8. The highest BCUT2D eigenvalue weighted by atomic mass is 32.2. The van der Waals surface area contributed by atoms with Gasteiger partial charge in [-0.1, -0.05) is 13.8 Å². The van der Waals surface area contributed by atoms with Crippen LogP contribution >= 0.6 is 0 Å². The van der Waals surface area contributed by atoms with Crippen molar-refractivity contribution in [3.8, 4) is 5.69 Å². The minimum atomic E-state index is -3.96. The SMILES string of the molecule is CCCOC(=O)c1ccc(S(=O)(=O)N2CCOCC2)c(-n2nc(CC)c3c2CC2(CCOCC2)CNC3=O)c1. The maximum atomic E-state index is 13.9. The fraction of sp³-hybridized carbons (Fsp3) is 0.593. The minimum absolute atomic E-state index is 0.0232. The van der Waals surface area contributed by atoms with Crippen molar-refractivity contribution in [3.05, 3.63) is 40.7 Å². The molecule has 0 atom stereocenters. The number of hydrogen-bond acceptors (Lipinski definition) is 8. The normalized spacial score (nSPS) is 19.8. The Bertz CT molecular complexity index is 1340. The molecule has 2 aromatic rings. The van der Waals surface area contributed by atoms with Gasteiger partial charge in [0.2, 0.25) is 10.0 Å². The van der Waals surface area contributed by atoms with E-state index in [0.29, 0.717) is 69.2 Å². The summed E-state index contributed by atoms with van der Waals surface area (Å²) in [6, 6.07) is 4.45. The number of rotatable bonds is 7. The lowest BCUT2D eigenvalue weighted by Crippen LogP contribution is -2.41. The molecular formula is C27H36N4O7S. The predicted octanol–water partition coefficient (Wildman–Crippen LogP) is 2.11. The van der Waals surface area contributed by atoms with E-state index in [2.05, 4.69) is 5.32 Å². The van der Waals surface area contributed by atoms with Crippen molar-refractivity contribution >= 4 is 21.9 Å². The van der Waals surface area contributed by atoms with E-state index < -0.39 is 16.0 Å². The van der Waals surface area contributed by atoms with Crippen LogP contribution in [0.2, 0.25) is 0 Å². The highest BCUT2D eigenvalue weighted by Crippen LogP contribution is 2.39. The molecule has 212 valence electrons. The van der Waals surface area contributed by atoms with E-state index in [1.54, 1.807) is 4.68 Å². The standard InChI is InChI=1S/C27H36N4O7S/c1-3-11-38-26(33)19-5-6-23(39(34,35)30-9-14-37-15-10-30)21(16-19)31-22-17-27(7-12-36-13-8-27)18-28-25(32)24(22)20(4-2)29-31/h5-6,16H,3-4,7-15,17-18H2,1-2H3,(H,28,32). The van der Waals surface area contributed by atoms with Crippen molar-refractivity contribution in [2.75, 3.05) is 52.7 Å². The number of nitrogens with one attached hydrogen (secondary N) is 1. The molecule has 1 spiro atoms. The summed E-state index contributed by atoms with van der Waals surface area (Å²) in [5.41, 5.74) is 1.94. The van der Waals surface area contributed by atoms with Crippen molar-refractivity contribution in [2.24, 2.45) is 5.41 Å². The minimum Gasteiger partial charge on any atom is -0.462 e. The van der Waals surface area contributed by atoms with E-state index in [1.807, 2.05) is 13.8 Å². The molecule has 0 aliphatic carbocycles. The molecule has 0 unspecified atom stereocenters. The Labute approximate surface area is 228 Å². The number of benzene rings is 1. The molecule has 2 saturated heterocycles. The summed E-state index contributed by atoms with van der Waals surface area (Å²) < 4.78 is 47.2. The van der Waals surface area contributed by atoms with Crippen LogP contribution in [0.25, 0.3) is 5.69 Å². The van der Waals surface area contributed by atoms with E-state index in [4.69, 9.17) is 19.3 Å². The molecular weight excluding hydrogens is 524 g/mol. The largest absolute Gasteiger partial charge is 0.462 e. The average molecular weight is 561 g/mol. The third-order valence-electron chi connectivity index (χ3n) is 7.78. The van der Waals surface area contributed by atoms with Crippen LogP contribution in [0.3, 0.4) is 0 Å². The van der Waals surface area contributed by atoms with Crippen LogP contribution in [0.1, 0.15) is 65.2 Å². The van der Waals surface area contributed by atoms with Crippen molar-refractivity contribution in [1.82, 2.24) is 19.4 Å². The third-order valence-corrected chi connectivity index (χ3v) is 9.73. The van der Waals surface area contributed by atoms with Gasteiger partial charge in [-0.3, -0.25) is 4.79 Å². The lowest BCUT2D eigenvalue weighted by molar-refractivity contribution is 0.0154. The van der Waals surface area contributed by atoms with Crippen LogP contribution in [0.15, 0.2) is 23.1 Å². The van der Waals surface area contributed by atoms with Gasteiger partial charge in [-0.15, -0.1) is 0 Å². The van der Waals surface area contributed by atoms with Gasteiger partial charge >= 0.3 is 5.97 Å². The number of carbonyl (C=O) groups is 2. The zero-order valence-corrected chi connectivity index (χ0v) is 23.3. The molecule has 3 aliphatic heterocycles. The summed E-state index contributed by atoms with van der Waals surface area (Å²) in [6.07, 6.45) is 3.21. The second-order valence-electron chi connectivity index (χ2n) is 10.3. The summed E-state index contributed by atoms with van der Waals surface area (Å²) in [7, 11) is -3.96. The lowest BCUT2D eigenvalue weighted by Gasteiger charge is -2.36. The number of fused-ring (bicyclic) bond motifs is 1. The van der Waals surface area contributed by atoms with E-state index in [-0.39, 0.29) is 47.2 Å². The fourth-order valence-corrected chi connectivity index (χ4v) is 7.10. The van der Waals surface area contributed by atoms with Gasteiger partial charge in [0.25, 0.3) is 5.91 Å². The molecule has 0 bridgehead atoms. The fourth-order valence-electron chi connectivity index (χ4n) is 5.54. The lowest BCUT2D eigenvalue weighted by atomic mass is 9.76. The first-order chi connectivity index (χ1) is 18.8. The van der Waals surface area contributed by atoms with Gasteiger partial charge in [-0.05, 0) is 55.7 Å². The van der Waals surface area contributed by atoms with Crippen LogP contribution in [-0.4, -0.2) is 87.0 Å². The summed E-state index contributed by atoms with van der Waals surface area (Å²) in [5, 5.41) is 7.89. The third kappa shape index (κ3) is 5.34. The van der Waals surface area contributed by atoms with Crippen LogP contribution in [0.4, 0.5) is 0 Å². The maximum absolute atomic E-state index is 13.9. The Morgan fingerprint density at radius 2 is 1.85 bits per heavy atom. The summed E-state index contributed by atoms with van der Waals surface area (Å²) in [6.45, 7) is 6.83. The van der Waals surface area contributed by atoms with Crippen LogP contribution in [-0.2, 0) is 37.1 Å². The van der Waals surface area contributed by atoms with Gasteiger partial charge in [0, 0.05) is 32.8 Å². The summed E-state index contributed by atoms with van der Waals surface area (Å²) in [5.74, 6) is -0.756. The number of morpholine rings is 1. The second-order valence-corrected chi connectivity index (χ2v) is 12.2. The van der Waals surface area contributed by atoms with Gasteiger partial charge < -0.3 is 19.5 Å². The molecule has 0 radical (unpaired) electrons. The van der Waals surface area contributed by atoms with Crippen LogP contribution in [0.5, 0.6) is 0 Å². The van der Waals surface area contributed by atoms with Gasteiger partial charge in [0.05, 0.1) is 48.0 Å². The molecule has 3 aliphatic rings. The topological polar surface area (TPSA) is 129 Å². The molecule has 12 heteroatoms. The van der Waals surface area contributed by atoms with E-state index in [9.17, 15) is 18.0 Å². The molecule has 4 heterocycles. The Morgan fingerprint density at radius 3 is 2.54 bits per heavy atom. The summed E-state index contributed by atoms with van der Waals surface area (Å²) in [4.78, 5) is 26.2. The van der Waals surface area contributed by atoms with Crippen LogP contribution < -0.4 is 5.32 Å². The van der Waals surface area contributed by atoms with Crippen molar-refractivity contribution in [3.63, 3.8) is 0 Å². The van der Waals surface area contributed by atoms with Gasteiger partial charge in [-0.25, -0.2) is 17.9 Å². The highest BCUT2D eigenvalue weighted by molar-refractivity contribution is 7.89. The van der Waals surface area contributed by atoms with Crippen LogP contribution in [0, 0.1) is 5.41 Å². The Morgan fingerprint density at radius 1 is 1.13 bits per heavy atom. The monoisotopic (exact) mass is 560 g/mol. The van der Waals surface area contributed by atoms with Gasteiger partial charge in [0.1, 0.15) is 4.90 Å². The molecule has 1 N–H and O–H groups in total. The summed E-state index contributed by atoms with van der Waals surface area (Å²) >= 11 is 0. The van der Waals surface area contributed by atoms with E-state index >= 15 is 0 Å². The number of aryl methyl sites for hydroxylation is 1. The maximum Gasteiger partial charge on any atom is 0.338 e. The second kappa shape index (κ2) is 11.4.